The Morgan fingerprint density at radius 1 is 1.44 bits per heavy atom. The molecule has 0 heterocycles. The van der Waals surface area contributed by atoms with Crippen LogP contribution in [0.15, 0.2) is 18.2 Å². The summed E-state index contributed by atoms with van der Waals surface area (Å²) in [4.78, 5) is 12.3. The van der Waals surface area contributed by atoms with Crippen LogP contribution < -0.4 is 4.90 Å². The average molecular weight is 219 g/mol. The Balaban J connectivity index is 3.28. The summed E-state index contributed by atoms with van der Waals surface area (Å²) in [6, 6.07) is 6.44. The summed E-state index contributed by atoms with van der Waals surface area (Å²) in [6.07, 6.45) is 0. The summed E-state index contributed by atoms with van der Waals surface area (Å²) >= 11 is 0. The lowest BCUT2D eigenvalue weighted by molar-refractivity contribution is -0.384. The van der Waals surface area contributed by atoms with Gasteiger partial charge in [0.05, 0.1) is 16.6 Å². The lowest BCUT2D eigenvalue weighted by Gasteiger charge is -2.20. The highest BCUT2D eigenvalue weighted by molar-refractivity contribution is 5.65. The van der Waals surface area contributed by atoms with Crippen LogP contribution in [-0.4, -0.2) is 18.0 Å². The molecule has 0 N–H and O–H groups in total. The van der Waals surface area contributed by atoms with E-state index in [-0.39, 0.29) is 5.69 Å². The molecule has 0 atom stereocenters. The molecule has 0 aliphatic heterocycles. The SMILES string of the molecule is CCN(CC)c1ccc(C#N)cc1[N+](=O)[O-]. The van der Waals surface area contributed by atoms with E-state index >= 15 is 0 Å². The Morgan fingerprint density at radius 2 is 2.06 bits per heavy atom. The second kappa shape index (κ2) is 5.12. The van der Waals surface area contributed by atoms with Crippen LogP contribution in [0.4, 0.5) is 11.4 Å². The number of rotatable bonds is 4. The van der Waals surface area contributed by atoms with E-state index in [9.17, 15) is 10.1 Å². The van der Waals surface area contributed by atoms with Gasteiger partial charge < -0.3 is 4.90 Å². The molecule has 1 rings (SSSR count). The van der Waals surface area contributed by atoms with Crippen LogP contribution in [0.2, 0.25) is 0 Å². The molecule has 5 nitrogen and oxygen atoms in total. The zero-order valence-corrected chi connectivity index (χ0v) is 9.30. The van der Waals surface area contributed by atoms with Gasteiger partial charge in [0.25, 0.3) is 5.69 Å². The highest BCUT2D eigenvalue weighted by Gasteiger charge is 2.18. The lowest BCUT2D eigenvalue weighted by Crippen LogP contribution is -2.22. The van der Waals surface area contributed by atoms with Crippen LogP contribution in [0.1, 0.15) is 19.4 Å². The third-order valence-electron chi connectivity index (χ3n) is 2.41. The van der Waals surface area contributed by atoms with Gasteiger partial charge in [-0.2, -0.15) is 5.26 Å². The fourth-order valence-corrected chi connectivity index (χ4v) is 1.57. The van der Waals surface area contributed by atoms with Gasteiger partial charge in [-0.1, -0.05) is 0 Å². The second-order valence-electron chi connectivity index (χ2n) is 3.24. The van der Waals surface area contributed by atoms with Crippen molar-refractivity contribution < 1.29 is 4.92 Å². The van der Waals surface area contributed by atoms with Gasteiger partial charge in [0, 0.05) is 19.2 Å². The molecule has 0 unspecified atom stereocenters. The number of anilines is 1. The molecule has 84 valence electrons. The first-order chi connectivity index (χ1) is 7.63. The molecule has 0 bridgehead atoms. The van der Waals surface area contributed by atoms with Crippen LogP contribution in [0.25, 0.3) is 0 Å². The third-order valence-corrected chi connectivity index (χ3v) is 2.41. The van der Waals surface area contributed by atoms with Gasteiger partial charge in [0.2, 0.25) is 0 Å². The zero-order chi connectivity index (χ0) is 12.1. The fraction of sp³-hybridized carbons (Fsp3) is 0.364. The molecule has 0 radical (unpaired) electrons. The average Bonchev–Trinajstić information content (AvgIpc) is 2.30. The molecule has 0 aromatic heterocycles. The number of hydrogen-bond acceptors (Lipinski definition) is 4. The van der Waals surface area contributed by atoms with Crippen LogP contribution in [-0.2, 0) is 0 Å². The zero-order valence-electron chi connectivity index (χ0n) is 9.30. The normalized spacial score (nSPS) is 9.56. The highest BCUT2D eigenvalue weighted by Crippen LogP contribution is 2.28. The third kappa shape index (κ3) is 2.28. The van der Waals surface area contributed by atoms with Crippen LogP contribution in [0.5, 0.6) is 0 Å². The monoisotopic (exact) mass is 219 g/mol. The fourth-order valence-electron chi connectivity index (χ4n) is 1.57. The quantitative estimate of drug-likeness (QED) is 0.575. The smallest absolute Gasteiger partial charge is 0.293 e. The van der Waals surface area contributed by atoms with Gasteiger partial charge >= 0.3 is 0 Å². The predicted octanol–water partition coefficient (Wildman–Crippen LogP) is 2.31. The Labute approximate surface area is 94.1 Å². The highest BCUT2D eigenvalue weighted by atomic mass is 16.6. The number of nitro benzene ring substituents is 1. The van der Waals surface area contributed by atoms with Crippen molar-refractivity contribution in [1.29, 1.82) is 5.26 Å². The van der Waals surface area contributed by atoms with Crippen molar-refractivity contribution in [1.82, 2.24) is 0 Å². The van der Waals surface area contributed by atoms with Crippen molar-refractivity contribution in [2.75, 3.05) is 18.0 Å². The number of nitrogens with zero attached hydrogens (tertiary/aromatic N) is 3. The maximum atomic E-state index is 10.9. The standard InChI is InChI=1S/C11H13N3O2/c1-3-13(4-2)10-6-5-9(8-12)7-11(10)14(15)16/h5-7H,3-4H2,1-2H3. The molecule has 16 heavy (non-hydrogen) atoms. The molecule has 0 saturated carbocycles. The molecule has 0 aliphatic rings. The van der Waals surface area contributed by atoms with Crippen molar-refractivity contribution >= 4 is 11.4 Å². The summed E-state index contributed by atoms with van der Waals surface area (Å²) < 4.78 is 0. The maximum Gasteiger partial charge on any atom is 0.293 e. The first-order valence-electron chi connectivity index (χ1n) is 5.07. The molecule has 1 aromatic carbocycles. The molecule has 0 spiro atoms. The van der Waals surface area contributed by atoms with E-state index in [1.807, 2.05) is 24.8 Å². The largest absolute Gasteiger partial charge is 0.367 e. The van der Waals surface area contributed by atoms with Gasteiger partial charge in [-0.05, 0) is 26.0 Å². The molecular weight excluding hydrogens is 206 g/mol. The summed E-state index contributed by atoms with van der Waals surface area (Å²) in [5.41, 5.74) is 0.861. The minimum absolute atomic E-state index is 0.0113. The van der Waals surface area contributed by atoms with E-state index in [2.05, 4.69) is 0 Å². The van der Waals surface area contributed by atoms with Crippen molar-refractivity contribution in [2.45, 2.75) is 13.8 Å². The minimum Gasteiger partial charge on any atom is -0.367 e. The molecule has 0 saturated heterocycles. The van der Waals surface area contributed by atoms with Crippen molar-refractivity contribution in [3.8, 4) is 6.07 Å². The van der Waals surface area contributed by atoms with Gasteiger partial charge in [-0.25, -0.2) is 0 Å². The number of nitro groups is 1. The van der Waals surface area contributed by atoms with Crippen molar-refractivity contribution in [3.05, 3.63) is 33.9 Å². The molecule has 5 heteroatoms. The Morgan fingerprint density at radius 3 is 2.50 bits per heavy atom. The van der Waals surface area contributed by atoms with E-state index in [0.717, 1.165) is 0 Å². The van der Waals surface area contributed by atoms with E-state index in [4.69, 9.17) is 5.26 Å². The van der Waals surface area contributed by atoms with Crippen LogP contribution in [0, 0.1) is 21.4 Å². The molecule has 0 aliphatic carbocycles. The summed E-state index contributed by atoms with van der Waals surface area (Å²) in [6.45, 7) is 5.27. The molecular formula is C11H13N3O2. The summed E-state index contributed by atoms with van der Waals surface area (Å²) in [5.74, 6) is 0. The Hall–Kier alpha value is -2.09. The van der Waals surface area contributed by atoms with E-state index in [0.29, 0.717) is 24.3 Å². The summed E-state index contributed by atoms with van der Waals surface area (Å²) in [7, 11) is 0. The maximum absolute atomic E-state index is 10.9. The van der Waals surface area contributed by atoms with E-state index in [1.54, 1.807) is 12.1 Å². The van der Waals surface area contributed by atoms with Crippen LogP contribution in [0.3, 0.4) is 0 Å². The lowest BCUT2D eigenvalue weighted by atomic mass is 10.1. The molecule has 0 fully saturated rings. The Bertz CT molecular complexity index is 433. The van der Waals surface area contributed by atoms with Gasteiger partial charge in [-0.3, -0.25) is 10.1 Å². The minimum atomic E-state index is -0.450. The van der Waals surface area contributed by atoms with Gasteiger partial charge in [0.15, 0.2) is 0 Å². The predicted molar refractivity (Wildman–Crippen MR) is 61.4 cm³/mol. The van der Waals surface area contributed by atoms with E-state index in [1.165, 1.54) is 6.07 Å². The summed E-state index contributed by atoms with van der Waals surface area (Å²) in [5, 5.41) is 19.6. The van der Waals surface area contributed by atoms with E-state index < -0.39 is 4.92 Å². The van der Waals surface area contributed by atoms with Crippen molar-refractivity contribution in [2.24, 2.45) is 0 Å². The molecule has 1 aromatic rings. The number of benzene rings is 1. The van der Waals surface area contributed by atoms with Gasteiger partial charge in [0.1, 0.15) is 5.69 Å². The first kappa shape index (κ1) is 12.0. The molecule has 0 amide bonds. The first-order valence-corrected chi connectivity index (χ1v) is 5.07. The van der Waals surface area contributed by atoms with Gasteiger partial charge in [-0.15, -0.1) is 0 Å². The Kier molecular flexibility index (Phi) is 3.84. The number of nitriles is 1. The topological polar surface area (TPSA) is 70.2 Å². The van der Waals surface area contributed by atoms with Crippen molar-refractivity contribution in [3.63, 3.8) is 0 Å². The second-order valence-corrected chi connectivity index (χ2v) is 3.24. The van der Waals surface area contributed by atoms with Crippen LogP contribution >= 0.6 is 0 Å². The number of hydrogen-bond donors (Lipinski definition) is 0.